The molecule has 2 rings (SSSR count). The van der Waals surface area contributed by atoms with Gasteiger partial charge in [0, 0.05) is 11.1 Å². The van der Waals surface area contributed by atoms with Gasteiger partial charge in [0.25, 0.3) is 0 Å². The van der Waals surface area contributed by atoms with Crippen LogP contribution in [-0.2, 0) is 11.2 Å². The maximum absolute atomic E-state index is 11.8. The molecule has 0 spiro atoms. The molecular weight excluding hydrogens is 318 g/mol. The lowest BCUT2D eigenvalue weighted by molar-refractivity contribution is 0.0602. The maximum Gasteiger partial charge on any atom is 0.340 e. The van der Waals surface area contributed by atoms with Gasteiger partial charge in [-0.2, -0.15) is 0 Å². The smallest absolute Gasteiger partial charge is 0.340 e. The fourth-order valence-electron chi connectivity index (χ4n) is 1.76. The molecule has 0 bridgehead atoms. The fraction of sp³-hybridized carbons (Fsp3) is 0.267. The van der Waals surface area contributed by atoms with Gasteiger partial charge < -0.3 is 15.4 Å². The van der Waals surface area contributed by atoms with Gasteiger partial charge in [-0.1, -0.05) is 13.0 Å². The lowest BCUT2D eigenvalue weighted by atomic mass is 10.2. The van der Waals surface area contributed by atoms with Crippen molar-refractivity contribution in [2.75, 3.05) is 17.7 Å². The van der Waals surface area contributed by atoms with Crippen LogP contribution >= 0.6 is 23.6 Å². The molecule has 2 heterocycles. The van der Waals surface area contributed by atoms with Gasteiger partial charge in [0.15, 0.2) is 5.11 Å². The average Bonchev–Trinajstić information content (AvgIpc) is 2.91. The summed E-state index contributed by atoms with van der Waals surface area (Å²) in [5.41, 5.74) is 1.56. The monoisotopic (exact) mass is 335 g/mol. The highest BCUT2D eigenvalue weighted by molar-refractivity contribution is 7.80. The van der Waals surface area contributed by atoms with Crippen LogP contribution in [0.2, 0.25) is 0 Å². The predicted octanol–water partition coefficient (Wildman–Crippen LogP) is 3.61. The van der Waals surface area contributed by atoms with Gasteiger partial charge in [-0.05, 0) is 43.3 Å². The second-order valence-corrected chi connectivity index (χ2v) is 6.15. The van der Waals surface area contributed by atoms with E-state index < -0.39 is 0 Å². The molecule has 0 saturated carbocycles. The highest BCUT2D eigenvalue weighted by Crippen LogP contribution is 2.29. The Morgan fingerprint density at radius 1 is 1.41 bits per heavy atom. The van der Waals surface area contributed by atoms with Crippen molar-refractivity contribution in [1.29, 1.82) is 0 Å². The minimum absolute atomic E-state index is 0.380. The number of rotatable bonds is 4. The van der Waals surface area contributed by atoms with Crippen LogP contribution in [0.15, 0.2) is 24.4 Å². The van der Waals surface area contributed by atoms with E-state index in [1.165, 1.54) is 18.4 Å². The second kappa shape index (κ2) is 7.33. The molecule has 0 atom stereocenters. The van der Waals surface area contributed by atoms with Crippen LogP contribution in [0, 0.1) is 6.92 Å². The van der Waals surface area contributed by atoms with Crippen molar-refractivity contribution < 1.29 is 9.53 Å². The number of hydrogen-bond acceptors (Lipinski definition) is 5. The maximum atomic E-state index is 11.8. The van der Waals surface area contributed by atoms with Crippen LogP contribution in [0.1, 0.15) is 27.7 Å². The topological polar surface area (TPSA) is 63.2 Å². The number of carbonyl (C=O) groups excluding carboxylic acids is 1. The van der Waals surface area contributed by atoms with Gasteiger partial charge in [0.1, 0.15) is 10.8 Å². The van der Waals surface area contributed by atoms with E-state index in [9.17, 15) is 4.79 Å². The molecule has 0 aromatic carbocycles. The summed E-state index contributed by atoms with van der Waals surface area (Å²) in [6.45, 7) is 4.00. The summed E-state index contributed by atoms with van der Waals surface area (Å²) < 4.78 is 4.80. The first-order chi connectivity index (χ1) is 10.5. The van der Waals surface area contributed by atoms with Crippen LogP contribution < -0.4 is 10.6 Å². The zero-order valence-corrected chi connectivity index (χ0v) is 14.2. The third kappa shape index (κ3) is 4.02. The van der Waals surface area contributed by atoms with E-state index in [-0.39, 0.29) is 5.97 Å². The van der Waals surface area contributed by atoms with Crippen molar-refractivity contribution in [3.05, 3.63) is 40.4 Å². The Hall–Kier alpha value is -1.99. The number of esters is 1. The summed E-state index contributed by atoms with van der Waals surface area (Å²) in [6, 6.07) is 5.61. The Bertz CT molecular complexity index is 681. The first kappa shape index (κ1) is 16.4. The number of hydrogen-bond donors (Lipinski definition) is 2. The van der Waals surface area contributed by atoms with Crippen molar-refractivity contribution in [3.63, 3.8) is 0 Å². The SMILES string of the molecule is CCc1cc(C(=O)OC)c(NC(=S)Nc2ccc(C)cn2)s1. The summed E-state index contributed by atoms with van der Waals surface area (Å²) in [4.78, 5) is 17.1. The number of pyridine rings is 1. The number of thiocarbonyl (C=S) groups is 1. The van der Waals surface area contributed by atoms with Gasteiger partial charge in [0.2, 0.25) is 0 Å². The number of carbonyl (C=O) groups is 1. The van der Waals surface area contributed by atoms with E-state index in [1.54, 1.807) is 6.20 Å². The number of anilines is 2. The standard InChI is InChI=1S/C15H17N3O2S2/c1-4-10-7-11(14(19)20-3)13(22-10)18-15(21)17-12-6-5-9(2)8-16-12/h5-8H,4H2,1-3H3,(H2,16,17,18,21). The number of aromatic nitrogens is 1. The van der Waals surface area contributed by atoms with Crippen LogP contribution in [-0.4, -0.2) is 23.2 Å². The number of nitrogens with zero attached hydrogens (tertiary/aromatic N) is 1. The van der Waals surface area contributed by atoms with Crippen molar-refractivity contribution in [3.8, 4) is 0 Å². The lowest BCUT2D eigenvalue weighted by Gasteiger charge is -2.09. The lowest BCUT2D eigenvalue weighted by Crippen LogP contribution is -2.20. The van der Waals surface area contributed by atoms with E-state index in [0.717, 1.165) is 16.9 Å². The van der Waals surface area contributed by atoms with Gasteiger partial charge in [-0.15, -0.1) is 11.3 Å². The predicted molar refractivity (Wildman–Crippen MR) is 93.9 cm³/mol. The van der Waals surface area contributed by atoms with Crippen molar-refractivity contribution >= 4 is 45.5 Å². The normalized spacial score (nSPS) is 10.1. The van der Waals surface area contributed by atoms with Gasteiger partial charge in [-0.3, -0.25) is 0 Å². The number of ether oxygens (including phenoxy) is 1. The highest BCUT2D eigenvalue weighted by atomic mass is 32.1. The summed E-state index contributed by atoms with van der Waals surface area (Å²) >= 11 is 6.76. The molecule has 5 nitrogen and oxygen atoms in total. The summed E-state index contributed by atoms with van der Waals surface area (Å²) in [5.74, 6) is 0.268. The number of methoxy groups -OCH3 is 1. The van der Waals surface area contributed by atoms with Gasteiger partial charge in [0.05, 0.1) is 12.7 Å². The Balaban J connectivity index is 2.12. The molecule has 2 aromatic heterocycles. The molecule has 0 fully saturated rings. The summed E-state index contributed by atoms with van der Waals surface area (Å²) in [7, 11) is 1.36. The molecule has 0 aliphatic carbocycles. The first-order valence-electron chi connectivity index (χ1n) is 6.75. The Kier molecular flexibility index (Phi) is 5.46. The van der Waals surface area contributed by atoms with Crippen LogP contribution in [0.5, 0.6) is 0 Å². The Morgan fingerprint density at radius 2 is 2.18 bits per heavy atom. The molecular formula is C15H17N3O2S2. The molecule has 2 N–H and O–H groups in total. The van der Waals surface area contributed by atoms with Crippen molar-refractivity contribution in [2.45, 2.75) is 20.3 Å². The third-order valence-corrected chi connectivity index (χ3v) is 4.32. The average molecular weight is 335 g/mol. The Labute approximate surface area is 138 Å². The van der Waals surface area contributed by atoms with E-state index >= 15 is 0 Å². The number of thiophene rings is 1. The zero-order chi connectivity index (χ0) is 16.1. The van der Waals surface area contributed by atoms with Crippen molar-refractivity contribution in [2.24, 2.45) is 0 Å². The number of nitrogens with one attached hydrogen (secondary N) is 2. The molecule has 116 valence electrons. The van der Waals surface area contributed by atoms with Crippen LogP contribution in [0.25, 0.3) is 0 Å². The minimum Gasteiger partial charge on any atom is -0.465 e. The third-order valence-electron chi connectivity index (χ3n) is 2.92. The summed E-state index contributed by atoms with van der Waals surface area (Å²) in [5, 5.41) is 7.09. The number of aryl methyl sites for hydroxylation is 2. The molecule has 7 heteroatoms. The van der Waals surface area contributed by atoms with E-state index in [0.29, 0.717) is 21.5 Å². The highest BCUT2D eigenvalue weighted by Gasteiger charge is 2.17. The molecule has 0 aliphatic rings. The molecule has 0 amide bonds. The molecule has 0 radical (unpaired) electrons. The molecule has 2 aromatic rings. The van der Waals surface area contributed by atoms with Gasteiger partial charge >= 0.3 is 5.97 Å². The van der Waals surface area contributed by atoms with E-state index in [2.05, 4.69) is 15.6 Å². The van der Waals surface area contributed by atoms with E-state index in [1.807, 2.05) is 32.0 Å². The molecule has 0 unspecified atom stereocenters. The van der Waals surface area contributed by atoms with Crippen LogP contribution in [0.3, 0.4) is 0 Å². The van der Waals surface area contributed by atoms with Crippen LogP contribution in [0.4, 0.5) is 10.8 Å². The minimum atomic E-state index is -0.380. The molecule has 0 aliphatic heterocycles. The first-order valence-corrected chi connectivity index (χ1v) is 7.97. The molecule has 0 saturated heterocycles. The second-order valence-electron chi connectivity index (χ2n) is 4.60. The van der Waals surface area contributed by atoms with Gasteiger partial charge in [-0.25, -0.2) is 9.78 Å². The molecule has 22 heavy (non-hydrogen) atoms. The largest absolute Gasteiger partial charge is 0.465 e. The van der Waals surface area contributed by atoms with Crippen molar-refractivity contribution in [1.82, 2.24) is 4.98 Å². The summed E-state index contributed by atoms with van der Waals surface area (Å²) in [6.07, 6.45) is 2.60. The van der Waals surface area contributed by atoms with E-state index in [4.69, 9.17) is 17.0 Å². The fourth-order valence-corrected chi connectivity index (χ4v) is 3.02. The zero-order valence-electron chi connectivity index (χ0n) is 12.6. The quantitative estimate of drug-likeness (QED) is 0.657. The Morgan fingerprint density at radius 3 is 2.77 bits per heavy atom.